The van der Waals surface area contributed by atoms with E-state index in [-0.39, 0.29) is 0 Å². The molecule has 0 amide bonds. The molecular weight excluding hydrogens is 250 g/mol. The Labute approximate surface area is 109 Å². The average molecular weight is 269 g/mol. The lowest BCUT2D eigenvalue weighted by molar-refractivity contribution is 0.0495. The maximum atomic E-state index is 12.3. The number of ether oxygens (including phenoxy) is 1. The molecule has 0 radical (unpaired) electrons. The molecule has 4 nitrogen and oxygen atoms in total. The Morgan fingerprint density at radius 1 is 1.33 bits per heavy atom. The Kier molecular flexibility index (Phi) is 4.37. The maximum Gasteiger partial charge on any atom is 0.242 e. The van der Waals surface area contributed by atoms with Crippen LogP contribution in [0.3, 0.4) is 0 Å². The number of nitrogens with zero attached hydrogens (tertiary/aromatic N) is 1. The van der Waals surface area contributed by atoms with Gasteiger partial charge in [0.25, 0.3) is 0 Å². The fourth-order valence-electron chi connectivity index (χ4n) is 2.19. The summed E-state index contributed by atoms with van der Waals surface area (Å²) >= 11 is 0. The molecule has 1 aromatic carbocycles. The number of sulfonamides is 1. The van der Waals surface area contributed by atoms with E-state index in [9.17, 15) is 8.42 Å². The van der Waals surface area contributed by atoms with Crippen molar-refractivity contribution in [3.05, 3.63) is 30.3 Å². The Morgan fingerprint density at radius 3 is 2.67 bits per heavy atom. The molecule has 0 saturated carbocycles. The molecule has 1 aliphatic heterocycles. The van der Waals surface area contributed by atoms with E-state index in [1.807, 2.05) is 6.07 Å². The average Bonchev–Trinajstić information content (AvgIpc) is 2.41. The first-order valence-corrected chi connectivity index (χ1v) is 7.64. The molecular formula is C13H19NO3S. The van der Waals surface area contributed by atoms with Crippen molar-refractivity contribution in [1.82, 2.24) is 4.31 Å². The summed E-state index contributed by atoms with van der Waals surface area (Å²) in [6.45, 7) is 1.98. The first-order valence-electron chi connectivity index (χ1n) is 6.20. The third-order valence-corrected chi connectivity index (χ3v) is 5.06. The van der Waals surface area contributed by atoms with Crippen LogP contribution in [0, 0.1) is 5.92 Å². The largest absolute Gasteiger partial charge is 0.381 e. The van der Waals surface area contributed by atoms with Crippen molar-refractivity contribution in [3.63, 3.8) is 0 Å². The van der Waals surface area contributed by atoms with Crippen LogP contribution in [0.1, 0.15) is 12.8 Å². The fourth-order valence-corrected chi connectivity index (χ4v) is 3.45. The van der Waals surface area contributed by atoms with E-state index in [4.69, 9.17) is 4.74 Å². The number of benzene rings is 1. The third-order valence-electron chi connectivity index (χ3n) is 3.22. The van der Waals surface area contributed by atoms with Crippen LogP contribution in [0.2, 0.25) is 0 Å². The van der Waals surface area contributed by atoms with Crippen molar-refractivity contribution in [2.45, 2.75) is 17.7 Å². The highest BCUT2D eigenvalue weighted by Crippen LogP contribution is 2.19. The summed E-state index contributed by atoms with van der Waals surface area (Å²) in [4.78, 5) is 0.351. The molecule has 1 fully saturated rings. The summed E-state index contributed by atoms with van der Waals surface area (Å²) < 4.78 is 31.4. The van der Waals surface area contributed by atoms with Gasteiger partial charge >= 0.3 is 0 Å². The van der Waals surface area contributed by atoms with E-state index in [1.54, 1.807) is 31.3 Å². The molecule has 0 aromatic heterocycles. The van der Waals surface area contributed by atoms with Crippen molar-refractivity contribution < 1.29 is 13.2 Å². The lowest BCUT2D eigenvalue weighted by atomic mass is 10.0. The van der Waals surface area contributed by atoms with Gasteiger partial charge in [0, 0.05) is 20.2 Å². The molecule has 0 bridgehead atoms. The predicted molar refractivity (Wildman–Crippen MR) is 69.8 cm³/mol. The number of hydrogen-bond acceptors (Lipinski definition) is 3. The topological polar surface area (TPSA) is 46.6 Å². The Morgan fingerprint density at radius 2 is 2.06 bits per heavy atom. The van der Waals surface area contributed by atoms with Crippen LogP contribution in [0.4, 0.5) is 0 Å². The zero-order valence-corrected chi connectivity index (χ0v) is 11.4. The molecule has 1 aromatic rings. The zero-order valence-electron chi connectivity index (χ0n) is 10.6. The van der Waals surface area contributed by atoms with Crippen LogP contribution < -0.4 is 0 Å². The van der Waals surface area contributed by atoms with Gasteiger partial charge in [0.1, 0.15) is 0 Å². The summed E-state index contributed by atoms with van der Waals surface area (Å²) in [5.74, 6) is 0.308. The van der Waals surface area contributed by atoms with Crippen molar-refractivity contribution in [2.24, 2.45) is 5.92 Å². The minimum atomic E-state index is -3.36. The van der Waals surface area contributed by atoms with Gasteiger partial charge in [0.15, 0.2) is 0 Å². The Hall–Kier alpha value is -0.910. The van der Waals surface area contributed by atoms with E-state index >= 15 is 0 Å². The number of rotatable bonds is 4. The van der Waals surface area contributed by atoms with Crippen molar-refractivity contribution in [2.75, 3.05) is 26.8 Å². The van der Waals surface area contributed by atoms with Crippen molar-refractivity contribution in [1.29, 1.82) is 0 Å². The van der Waals surface area contributed by atoms with E-state index in [0.29, 0.717) is 24.0 Å². The minimum Gasteiger partial charge on any atom is -0.381 e. The van der Waals surface area contributed by atoms with Crippen LogP contribution in [0.25, 0.3) is 0 Å². The lowest BCUT2D eigenvalue weighted by Gasteiger charge is -2.26. The minimum absolute atomic E-state index is 0.308. The highest BCUT2D eigenvalue weighted by atomic mass is 32.2. The summed E-state index contributed by atoms with van der Waals surface area (Å²) in [6.07, 6.45) is 2.05. The van der Waals surface area contributed by atoms with Gasteiger partial charge < -0.3 is 4.74 Å². The van der Waals surface area contributed by atoms with Crippen LogP contribution in [0.15, 0.2) is 35.2 Å². The molecule has 5 heteroatoms. The molecule has 0 aliphatic carbocycles. The van der Waals surface area contributed by atoms with Gasteiger partial charge in [-0.05, 0) is 30.9 Å². The van der Waals surface area contributed by atoms with Gasteiger partial charge in [0.05, 0.1) is 11.5 Å². The van der Waals surface area contributed by atoms with Gasteiger partial charge in [0.2, 0.25) is 10.0 Å². The molecule has 100 valence electrons. The molecule has 0 N–H and O–H groups in total. The molecule has 1 heterocycles. The molecule has 0 spiro atoms. The molecule has 1 aliphatic rings. The van der Waals surface area contributed by atoms with E-state index in [1.165, 1.54) is 4.31 Å². The highest BCUT2D eigenvalue weighted by Gasteiger charge is 2.24. The van der Waals surface area contributed by atoms with Gasteiger partial charge in [-0.2, -0.15) is 0 Å². The van der Waals surface area contributed by atoms with E-state index in [0.717, 1.165) is 19.4 Å². The second-order valence-electron chi connectivity index (χ2n) is 4.68. The van der Waals surface area contributed by atoms with Gasteiger partial charge in [-0.3, -0.25) is 0 Å². The van der Waals surface area contributed by atoms with Crippen molar-refractivity contribution >= 4 is 10.0 Å². The monoisotopic (exact) mass is 269 g/mol. The van der Waals surface area contributed by atoms with E-state index < -0.39 is 10.0 Å². The maximum absolute atomic E-state index is 12.3. The molecule has 18 heavy (non-hydrogen) atoms. The third kappa shape index (κ3) is 3.10. The molecule has 1 saturated heterocycles. The lowest BCUT2D eigenvalue weighted by Crippen LogP contribution is -2.35. The predicted octanol–water partition coefficient (Wildman–Crippen LogP) is 1.73. The summed E-state index contributed by atoms with van der Waals surface area (Å²) in [6, 6.07) is 8.55. The highest BCUT2D eigenvalue weighted by molar-refractivity contribution is 7.89. The molecule has 1 unspecified atom stereocenters. The van der Waals surface area contributed by atoms with Gasteiger partial charge in [-0.1, -0.05) is 18.2 Å². The normalized spacial score (nSPS) is 21.1. The van der Waals surface area contributed by atoms with Crippen LogP contribution in [-0.2, 0) is 14.8 Å². The number of hydrogen-bond donors (Lipinski definition) is 0. The summed E-state index contributed by atoms with van der Waals surface area (Å²) in [5.41, 5.74) is 0. The first-order chi connectivity index (χ1) is 8.60. The standard InChI is InChI=1S/C13H19NO3S/c1-14(10-12-6-5-9-17-11-12)18(15,16)13-7-3-2-4-8-13/h2-4,7-8,12H,5-6,9-11H2,1H3. The Bertz CT molecular complexity index is 466. The van der Waals surface area contributed by atoms with E-state index in [2.05, 4.69) is 0 Å². The fraction of sp³-hybridized carbons (Fsp3) is 0.538. The van der Waals surface area contributed by atoms with Gasteiger partial charge in [-0.15, -0.1) is 0 Å². The second-order valence-corrected chi connectivity index (χ2v) is 6.73. The summed E-state index contributed by atoms with van der Waals surface area (Å²) in [7, 11) is -1.72. The smallest absolute Gasteiger partial charge is 0.242 e. The Balaban J connectivity index is 2.05. The summed E-state index contributed by atoms with van der Waals surface area (Å²) in [5, 5.41) is 0. The van der Waals surface area contributed by atoms with Crippen LogP contribution in [0.5, 0.6) is 0 Å². The van der Waals surface area contributed by atoms with Crippen molar-refractivity contribution in [3.8, 4) is 0 Å². The second kappa shape index (κ2) is 5.82. The molecule has 2 rings (SSSR count). The van der Waals surface area contributed by atoms with Gasteiger partial charge in [-0.25, -0.2) is 12.7 Å². The van der Waals surface area contributed by atoms with Crippen LogP contribution >= 0.6 is 0 Å². The van der Waals surface area contributed by atoms with Crippen LogP contribution in [-0.4, -0.2) is 39.5 Å². The SMILES string of the molecule is CN(CC1CCCOC1)S(=O)(=O)c1ccccc1. The quantitative estimate of drug-likeness (QED) is 0.836. The zero-order chi connectivity index (χ0) is 13.0. The first kappa shape index (κ1) is 13.5. The molecule has 1 atom stereocenters.